The van der Waals surface area contributed by atoms with E-state index < -0.39 is 5.97 Å². The normalized spacial score (nSPS) is 12.2. The number of pyridine rings is 1. The molecule has 2 aromatic carbocycles. The maximum absolute atomic E-state index is 13.5. The molecule has 0 spiro atoms. The molecule has 1 N–H and O–H groups in total. The van der Waals surface area contributed by atoms with E-state index in [1.54, 1.807) is 24.2 Å². The van der Waals surface area contributed by atoms with Crippen LogP contribution < -0.4 is 10.2 Å². The number of carbonyl (C=O) groups excluding carboxylic acids is 3. The number of nitrogens with one attached hydrogen (secondary N) is 1. The van der Waals surface area contributed by atoms with E-state index in [4.69, 9.17) is 4.74 Å². The Morgan fingerprint density at radius 1 is 1.00 bits per heavy atom. The summed E-state index contributed by atoms with van der Waals surface area (Å²) in [5.41, 5.74) is 6.09. The number of esters is 1. The zero-order valence-corrected chi connectivity index (χ0v) is 24.4. The number of benzene rings is 2. The number of amides is 2. The molecule has 2 amide bonds. The van der Waals surface area contributed by atoms with Crippen LogP contribution in [0, 0.1) is 6.92 Å². The van der Waals surface area contributed by atoms with E-state index in [0.29, 0.717) is 30.9 Å². The molecule has 0 bridgehead atoms. The molecule has 0 radical (unpaired) electrons. The van der Waals surface area contributed by atoms with Crippen LogP contribution in [-0.4, -0.2) is 66.6 Å². The van der Waals surface area contributed by atoms with Crippen molar-refractivity contribution in [3.05, 3.63) is 83.0 Å². The van der Waals surface area contributed by atoms with Crippen molar-refractivity contribution in [3.8, 4) is 11.3 Å². The highest BCUT2D eigenvalue weighted by Gasteiger charge is 2.27. The fourth-order valence-electron chi connectivity index (χ4n) is 4.98. The molecule has 0 unspecified atom stereocenters. The van der Waals surface area contributed by atoms with Crippen LogP contribution in [-0.2, 0) is 27.4 Å². The van der Waals surface area contributed by atoms with Crippen molar-refractivity contribution in [2.45, 2.75) is 53.6 Å². The van der Waals surface area contributed by atoms with Gasteiger partial charge in [-0.2, -0.15) is 0 Å². The molecule has 1 aromatic heterocycles. The summed E-state index contributed by atoms with van der Waals surface area (Å²) >= 11 is 0. The average molecular weight is 574 g/mol. The molecule has 9 nitrogen and oxygen atoms in total. The van der Waals surface area contributed by atoms with Crippen molar-refractivity contribution in [1.82, 2.24) is 20.3 Å². The van der Waals surface area contributed by atoms with Crippen LogP contribution in [0.4, 0.5) is 5.69 Å². The van der Waals surface area contributed by atoms with Crippen LogP contribution in [0.5, 0.6) is 0 Å². The molecule has 0 aliphatic carbocycles. The summed E-state index contributed by atoms with van der Waals surface area (Å²) in [5, 5.41) is 6.69. The number of ether oxygens (including phenoxy) is 1. The molecule has 9 heteroatoms. The van der Waals surface area contributed by atoms with Crippen molar-refractivity contribution in [1.29, 1.82) is 0 Å². The summed E-state index contributed by atoms with van der Waals surface area (Å²) in [5.74, 6) is -0.652. The first kappa shape index (κ1) is 32.3. The number of rotatable bonds is 12. The molecule has 3 aromatic rings. The van der Waals surface area contributed by atoms with E-state index in [2.05, 4.69) is 29.4 Å². The summed E-state index contributed by atoms with van der Waals surface area (Å²) in [4.78, 5) is 44.5. The van der Waals surface area contributed by atoms with Gasteiger partial charge in [-0.25, -0.2) is 9.80 Å². The monoisotopic (exact) mass is 573 g/mol. The lowest BCUT2D eigenvalue weighted by Gasteiger charge is -2.32. The van der Waals surface area contributed by atoms with Gasteiger partial charge in [-0.1, -0.05) is 57.5 Å². The van der Waals surface area contributed by atoms with Gasteiger partial charge in [-0.3, -0.25) is 19.6 Å². The Kier molecular flexibility index (Phi) is 11.6. The lowest BCUT2D eigenvalue weighted by Crippen LogP contribution is -2.48. The molecular formula is C33H43N5O4. The van der Waals surface area contributed by atoms with E-state index in [1.807, 2.05) is 47.2 Å². The Hall–Kier alpha value is -4.24. The minimum Gasteiger partial charge on any atom is -0.465 e. The molecule has 1 aliphatic heterocycles. The topological polar surface area (TPSA) is 95.1 Å². The summed E-state index contributed by atoms with van der Waals surface area (Å²) in [7, 11) is 3.12. The summed E-state index contributed by atoms with van der Waals surface area (Å²) in [6.07, 6.45) is 4.55. The zero-order chi connectivity index (χ0) is 29.4. The first-order valence-corrected chi connectivity index (χ1v) is 14.1. The van der Waals surface area contributed by atoms with E-state index in [0.717, 1.165) is 36.1 Å². The zero-order valence-electron chi connectivity index (χ0n) is 24.4. The Morgan fingerprint density at radius 2 is 1.71 bits per heavy atom. The van der Waals surface area contributed by atoms with Crippen molar-refractivity contribution in [2.75, 3.05) is 38.7 Å². The highest BCUT2D eigenvalue weighted by atomic mass is 16.5. The molecule has 2 heterocycles. The number of carbonyl (C=O) groups is 3. The minimum absolute atomic E-state index is 0. The number of aryl methyl sites for hydroxylation is 1. The van der Waals surface area contributed by atoms with Crippen LogP contribution in [0.15, 0.2) is 60.8 Å². The Balaban J connectivity index is 0.00000484. The maximum Gasteiger partial charge on any atom is 0.339 e. The highest BCUT2D eigenvalue weighted by Crippen LogP contribution is 2.27. The first-order valence-electron chi connectivity index (χ1n) is 14.1. The number of hydrazine groups is 1. The molecule has 0 saturated heterocycles. The third-order valence-electron chi connectivity index (χ3n) is 7.39. The van der Waals surface area contributed by atoms with Gasteiger partial charge < -0.3 is 15.0 Å². The number of fused-ring (bicyclic) bond motifs is 1. The summed E-state index contributed by atoms with van der Waals surface area (Å²) in [6.45, 7) is 6.17. The van der Waals surface area contributed by atoms with Crippen molar-refractivity contribution in [3.63, 3.8) is 0 Å². The number of aromatic nitrogens is 1. The number of unbranched alkanes of at least 4 members (excludes halogenated alkanes) is 2. The fraction of sp³-hybridized carbons (Fsp3) is 0.394. The minimum atomic E-state index is -0.438. The third kappa shape index (κ3) is 7.94. The molecular weight excluding hydrogens is 530 g/mol. The molecule has 0 fully saturated rings. The Bertz CT molecular complexity index is 1350. The van der Waals surface area contributed by atoms with Crippen LogP contribution in [0.3, 0.4) is 0 Å². The average Bonchev–Trinajstić information content (AvgIpc) is 3.42. The SMILES string of the molecule is C.CCCCCNC(=O)CN(CC(=O)N(C)N1Cc2ccccc2C1)c1ccc(-c2ccc(C(=O)OC)cn2)cc1C. The molecule has 0 saturated carbocycles. The van der Waals surface area contributed by atoms with Crippen molar-refractivity contribution < 1.29 is 19.1 Å². The second-order valence-corrected chi connectivity index (χ2v) is 10.3. The molecule has 0 atom stereocenters. The summed E-state index contributed by atoms with van der Waals surface area (Å²) < 4.78 is 4.76. The first-order chi connectivity index (χ1) is 19.8. The van der Waals surface area contributed by atoms with Gasteiger partial charge in [-0.15, -0.1) is 0 Å². The van der Waals surface area contributed by atoms with Gasteiger partial charge in [0.25, 0.3) is 5.91 Å². The van der Waals surface area contributed by atoms with Crippen molar-refractivity contribution >= 4 is 23.5 Å². The largest absolute Gasteiger partial charge is 0.465 e. The standard InChI is InChI=1S/C32H39N5O4.CH4/c1-5-6-9-16-33-30(38)21-36(22-31(39)35(3)37-19-26-10-7-8-11-27(26)20-37)29-15-13-24(17-23(29)2)28-14-12-25(18-34-28)32(40)41-4;/h7-8,10-15,17-18H,5-6,9,16,19-22H2,1-4H3,(H,33,38);1H4. The third-order valence-corrected chi connectivity index (χ3v) is 7.39. The number of likely N-dealkylation sites (N-methyl/N-ethyl adjacent to an activating group) is 1. The van der Waals surface area contributed by atoms with Crippen LogP contribution in [0.25, 0.3) is 11.3 Å². The number of nitrogens with zero attached hydrogens (tertiary/aromatic N) is 4. The van der Waals surface area contributed by atoms with E-state index in [9.17, 15) is 14.4 Å². The Labute approximate surface area is 249 Å². The van der Waals surface area contributed by atoms with Gasteiger partial charge in [-0.05, 0) is 54.3 Å². The predicted molar refractivity (Wildman–Crippen MR) is 166 cm³/mol. The van der Waals surface area contributed by atoms with Gasteiger partial charge in [0.15, 0.2) is 0 Å². The maximum atomic E-state index is 13.5. The number of methoxy groups -OCH3 is 1. The lowest BCUT2D eigenvalue weighted by molar-refractivity contribution is -0.145. The van der Waals surface area contributed by atoms with Crippen LogP contribution in [0.1, 0.15) is 60.7 Å². The number of hydrogen-bond acceptors (Lipinski definition) is 7. The molecule has 1 aliphatic rings. The smallest absolute Gasteiger partial charge is 0.339 e. The van der Waals surface area contributed by atoms with Gasteiger partial charge in [0.2, 0.25) is 5.91 Å². The predicted octanol–water partition coefficient (Wildman–Crippen LogP) is 4.98. The second-order valence-electron chi connectivity index (χ2n) is 10.3. The van der Waals surface area contributed by atoms with E-state index in [1.165, 1.54) is 24.4 Å². The van der Waals surface area contributed by atoms with E-state index >= 15 is 0 Å². The molecule has 224 valence electrons. The lowest BCUT2D eigenvalue weighted by atomic mass is 10.0. The fourth-order valence-corrected chi connectivity index (χ4v) is 4.98. The molecule has 4 rings (SSSR count). The van der Waals surface area contributed by atoms with Crippen molar-refractivity contribution in [2.24, 2.45) is 0 Å². The Morgan fingerprint density at radius 3 is 2.31 bits per heavy atom. The molecule has 42 heavy (non-hydrogen) atoms. The van der Waals surface area contributed by atoms with Gasteiger partial charge in [0.1, 0.15) is 0 Å². The second kappa shape index (κ2) is 15.1. The number of anilines is 1. The van der Waals surface area contributed by atoms with Crippen LogP contribution >= 0.6 is 0 Å². The van der Waals surface area contributed by atoms with Gasteiger partial charge >= 0.3 is 5.97 Å². The van der Waals surface area contributed by atoms with E-state index in [-0.39, 0.29) is 32.3 Å². The van der Waals surface area contributed by atoms with Gasteiger partial charge in [0, 0.05) is 44.1 Å². The van der Waals surface area contributed by atoms with Gasteiger partial charge in [0.05, 0.1) is 31.5 Å². The van der Waals surface area contributed by atoms with Crippen LogP contribution in [0.2, 0.25) is 0 Å². The highest BCUT2D eigenvalue weighted by molar-refractivity contribution is 5.89. The quantitative estimate of drug-likeness (QED) is 0.241. The number of hydrogen-bond donors (Lipinski definition) is 1. The summed E-state index contributed by atoms with van der Waals surface area (Å²) in [6, 6.07) is 17.5.